The van der Waals surface area contributed by atoms with Gasteiger partial charge >= 0.3 is 0 Å². The van der Waals surface area contributed by atoms with Crippen molar-refractivity contribution in [3.63, 3.8) is 0 Å². The summed E-state index contributed by atoms with van der Waals surface area (Å²) in [5.41, 5.74) is 0.940. The van der Waals surface area contributed by atoms with Gasteiger partial charge in [-0.25, -0.2) is 4.39 Å². The molecule has 2 nitrogen and oxygen atoms in total. The van der Waals surface area contributed by atoms with Gasteiger partial charge in [0.1, 0.15) is 19.0 Å². The SMILES string of the molecule is N#CCc1ccc(OCCF)cc1. The van der Waals surface area contributed by atoms with E-state index in [1.807, 2.05) is 6.07 Å². The standard InChI is InChI=1S/C10H10FNO/c11-6-8-13-10-3-1-9(2-4-10)5-7-12/h1-4H,5-6,8H2. The molecule has 0 bridgehead atoms. The van der Waals surface area contributed by atoms with Gasteiger partial charge in [0.05, 0.1) is 12.5 Å². The number of rotatable bonds is 4. The second kappa shape index (κ2) is 5.15. The smallest absolute Gasteiger partial charge is 0.123 e. The molecule has 0 radical (unpaired) electrons. The number of nitriles is 1. The molecule has 0 N–H and O–H groups in total. The lowest BCUT2D eigenvalue weighted by molar-refractivity contribution is 0.273. The summed E-state index contributed by atoms with van der Waals surface area (Å²) in [6, 6.07) is 9.13. The van der Waals surface area contributed by atoms with Gasteiger partial charge in [0, 0.05) is 0 Å². The van der Waals surface area contributed by atoms with E-state index in [0.29, 0.717) is 12.2 Å². The van der Waals surface area contributed by atoms with Gasteiger partial charge in [-0.2, -0.15) is 5.26 Å². The van der Waals surface area contributed by atoms with E-state index in [4.69, 9.17) is 10.00 Å². The van der Waals surface area contributed by atoms with Gasteiger partial charge in [-0.3, -0.25) is 0 Å². The molecule has 1 aromatic rings. The molecule has 13 heavy (non-hydrogen) atoms. The molecule has 0 heterocycles. The fourth-order valence-electron chi connectivity index (χ4n) is 0.951. The van der Waals surface area contributed by atoms with Crippen LogP contribution in [0.4, 0.5) is 4.39 Å². The van der Waals surface area contributed by atoms with Crippen LogP contribution >= 0.6 is 0 Å². The van der Waals surface area contributed by atoms with Crippen molar-refractivity contribution in [2.45, 2.75) is 6.42 Å². The molecule has 3 heteroatoms. The molecule has 0 aliphatic rings. The molecule has 0 unspecified atom stereocenters. The highest BCUT2D eigenvalue weighted by atomic mass is 19.1. The van der Waals surface area contributed by atoms with Gasteiger partial charge in [-0.1, -0.05) is 12.1 Å². The molecule has 1 rings (SSSR count). The topological polar surface area (TPSA) is 33.0 Å². The van der Waals surface area contributed by atoms with E-state index >= 15 is 0 Å². The highest BCUT2D eigenvalue weighted by molar-refractivity contribution is 5.28. The molecular formula is C10H10FNO. The van der Waals surface area contributed by atoms with Gasteiger partial charge in [-0.15, -0.1) is 0 Å². The van der Waals surface area contributed by atoms with Crippen molar-refractivity contribution in [2.75, 3.05) is 13.3 Å². The van der Waals surface area contributed by atoms with Crippen LogP contribution in [0.3, 0.4) is 0 Å². The molecular weight excluding hydrogens is 169 g/mol. The highest BCUT2D eigenvalue weighted by Crippen LogP contribution is 2.12. The monoisotopic (exact) mass is 179 g/mol. The number of hydrogen-bond acceptors (Lipinski definition) is 2. The summed E-state index contributed by atoms with van der Waals surface area (Å²) in [4.78, 5) is 0. The fourth-order valence-corrected chi connectivity index (χ4v) is 0.951. The molecule has 0 aliphatic heterocycles. The average molecular weight is 179 g/mol. The van der Waals surface area contributed by atoms with E-state index in [9.17, 15) is 4.39 Å². The largest absolute Gasteiger partial charge is 0.491 e. The number of alkyl halides is 1. The maximum absolute atomic E-state index is 11.7. The Kier molecular flexibility index (Phi) is 3.77. The zero-order valence-corrected chi connectivity index (χ0v) is 7.16. The van der Waals surface area contributed by atoms with Crippen molar-refractivity contribution < 1.29 is 9.13 Å². The van der Waals surface area contributed by atoms with Crippen LogP contribution in [0.2, 0.25) is 0 Å². The fraction of sp³-hybridized carbons (Fsp3) is 0.300. The number of hydrogen-bond donors (Lipinski definition) is 0. The minimum atomic E-state index is -0.486. The molecule has 0 aromatic heterocycles. The van der Waals surface area contributed by atoms with E-state index in [0.717, 1.165) is 5.56 Å². The Morgan fingerprint density at radius 3 is 2.54 bits per heavy atom. The molecule has 0 saturated heterocycles. The lowest BCUT2D eigenvalue weighted by Crippen LogP contribution is -1.98. The van der Waals surface area contributed by atoms with E-state index < -0.39 is 6.67 Å². The summed E-state index contributed by atoms with van der Waals surface area (Å²) < 4.78 is 16.7. The lowest BCUT2D eigenvalue weighted by Gasteiger charge is -2.03. The van der Waals surface area contributed by atoms with Gasteiger partial charge in [-0.05, 0) is 17.7 Å². The Bertz CT molecular complexity index is 289. The van der Waals surface area contributed by atoms with Crippen molar-refractivity contribution in [1.29, 1.82) is 5.26 Å². The third-order valence-corrected chi connectivity index (χ3v) is 1.55. The quantitative estimate of drug-likeness (QED) is 0.709. The van der Waals surface area contributed by atoms with E-state index in [2.05, 4.69) is 0 Å². The zero-order chi connectivity index (χ0) is 9.52. The van der Waals surface area contributed by atoms with Gasteiger partial charge < -0.3 is 4.74 Å². The number of halogens is 1. The predicted molar refractivity (Wildman–Crippen MR) is 47.2 cm³/mol. The summed E-state index contributed by atoms with van der Waals surface area (Å²) in [6.45, 7) is -0.405. The molecule has 1 aromatic carbocycles. The Morgan fingerprint density at radius 1 is 1.31 bits per heavy atom. The maximum atomic E-state index is 11.7. The molecule has 0 atom stereocenters. The van der Waals surface area contributed by atoms with E-state index in [1.54, 1.807) is 24.3 Å². The van der Waals surface area contributed by atoms with Crippen molar-refractivity contribution >= 4 is 0 Å². The molecule has 0 fully saturated rings. The Balaban J connectivity index is 2.55. The summed E-state index contributed by atoms with van der Waals surface area (Å²) in [6.07, 6.45) is 0.392. The summed E-state index contributed by atoms with van der Waals surface area (Å²) in [7, 11) is 0. The van der Waals surface area contributed by atoms with Crippen LogP contribution in [0.15, 0.2) is 24.3 Å². The first-order chi connectivity index (χ1) is 6.36. The summed E-state index contributed by atoms with van der Waals surface area (Å²) >= 11 is 0. The van der Waals surface area contributed by atoms with Crippen molar-refractivity contribution in [1.82, 2.24) is 0 Å². The molecule has 0 amide bonds. The first-order valence-electron chi connectivity index (χ1n) is 4.01. The summed E-state index contributed by atoms with van der Waals surface area (Å²) in [5.74, 6) is 0.638. The molecule has 0 aliphatic carbocycles. The number of ether oxygens (including phenoxy) is 1. The Labute approximate surface area is 76.6 Å². The third-order valence-electron chi connectivity index (χ3n) is 1.55. The van der Waals surface area contributed by atoms with E-state index in [-0.39, 0.29) is 6.61 Å². The first-order valence-corrected chi connectivity index (χ1v) is 4.01. The van der Waals surface area contributed by atoms with Crippen molar-refractivity contribution in [3.05, 3.63) is 29.8 Å². The maximum Gasteiger partial charge on any atom is 0.123 e. The first kappa shape index (κ1) is 9.53. The second-order valence-electron chi connectivity index (χ2n) is 2.52. The highest BCUT2D eigenvalue weighted by Gasteiger charge is 1.94. The number of benzene rings is 1. The molecule has 0 saturated carbocycles. The van der Waals surface area contributed by atoms with Crippen molar-refractivity contribution in [3.8, 4) is 11.8 Å². The molecule has 68 valence electrons. The van der Waals surface area contributed by atoms with Crippen molar-refractivity contribution in [2.24, 2.45) is 0 Å². The van der Waals surface area contributed by atoms with Crippen LogP contribution in [0.1, 0.15) is 5.56 Å². The Morgan fingerprint density at radius 2 is 2.00 bits per heavy atom. The van der Waals surface area contributed by atoms with Crippen LogP contribution < -0.4 is 4.74 Å². The summed E-state index contributed by atoms with van der Waals surface area (Å²) in [5, 5.41) is 8.40. The van der Waals surface area contributed by atoms with Gasteiger partial charge in [0.2, 0.25) is 0 Å². The minimum absolute atomic E-state index is 0.0809. The molecule has 0 spiro atoms. The van der Waals surface area contributed by atoms with Gasteiger partial charge in [0.25, 0.3) is 0 Å². The number of nitrogens with zero attached hydrogens (tertiary/aromatic N) is 1. The van der Waals surface area contributed by atoms with Crippen LogP contribution in [-0.2, 0) is 6.42 Å². The van der Waals surface area contributed by atoms with Crippen LogP contribution in [-0.4, -0.2) is 13.3 Å². The lowest BCUT2D eigenvalue weighted by atomic mass is 10.2. The third kappa shape index (κ3) is 3.12. The predicted octanol–water partition coefficient (Wildman–Crippen LogP) is 2.10. The average Bonchev–Trinajstić information content (AvgIpc) is 2.17. The van der Waals surface area contributed by atoms with Gasteiger partial charge in [0.15, 0.2) is 0 Å². The Hall–Kier alpha value is -1.56. The minimum Gasteiger partial charge on any atom is -0.491 e. The van der Waals surface area contributed by atoms with Crippen LogP contribution in [0, 0.1) is 11.3 Å². The van der Waals surface area contributed by atoms with Crippen LogP contribution in [0.5, 0.6) is 5.75 Å². The second-order valence-corrected chi connectivity index (χ2v) is 2.52. The van der Waals surface area contributed by atoms with E-state index in [1.165, 1.54) is 0 Å². The zero-order valence-electron chi connectivity index (χ0n) is 7.16. The normalized spacial score (nSPS) is 9.23. The van der Waals surface area contributed by atoms with Crippen LogP contribution in [0.25, 0.3) is 0 Å².